The van der Waals surface area contributed by atoms with Crippen molar-refractivity contribution in [3.8, 4) is 17.0 Å². The second kappa shape index (κ2) is 3.23. The maximum Gasteiger partial charge on any atom is 0.293 e. The number of phenolic OH excluding ortho intramolecular Hbond substituents is 1. The van der Waals surface area contributed by atoms with Crippen LogP contribution in [0.4, 0.5) is 6.01 Å². The molecule has 1 heterocycles. The smallest absolute Gasteiger partial charge is 0.293 e. The molecule has 5 heteroatoms. The molecule has 2 aromatic rings. The Morgan fingerprint density at radius 1 is 1.36 bits per heavy atom. The number of nitrogens with two attached hydrogens (primary N) is 1. The molecule has 0 atom stereocenters. The number of oxazole rings is 1. The Balaban J connectivity index is 2.60. The summed E-state index contributed by atoms with van der Waals surface area (Å²) in [6.07, 6.45) is 0. The number of nitrogen functional groups attached to an aromatic ring is 1. The lowest BCUT2D eigenvalue weighted by Crippen LogP contribution is -1.83. The fourth-order valence-electron chi connectivity index (χ4n) is 1.16. The van der Waals surface area contributed by atoms with E-state index in [1.165, 1.54) is 6.07 Å². The molecule has 72 valence electrons. The molecular formula is C9H7ClN2O2. The number of aromatic nitrogens is 1. The summed E-state index contributed by atoms with van der Waals surface area (Å²) in [5, 5.41) is 9.59. The summed E-state index contributed by atoms with van der Waals surface area (Å²) >= 11 is 5.73. The summed E-state index contributed by atoms with van der Waals surface area (Å²) in [7, 11) is 0. The highest BCUT2D eigenvalue weighted by Gasteiger charge is 2.14. The third kappa shape index (κ3) is 1.40. The number of hydrogen-bond donors (Lipinski definition) is 2. The minimum absolute atomic E-state index is 0.0201. The molecule has 3 N–H and O–H groups in total. The van der Waals surface area contributed by atoms with Crippen LogP contribution in [-0.4, -0.2) is 10.1 Å². The molecule has 0 saturated carbocycles. The van der Waals surface area contributed by atoms with Crippen LogP contribution in [0.5, 0.6) is 5.75 Å². The molecule has 2 rings (SSSR count). The SMILES string of the molecule is Nc1nc(-c2ccccc2O)c(Cl)o1. The van der Waals surface area contributed by atoms with E-state index in [1.807, 2.05) is 0 Å². The monoisotopic (exact) mass is 210 g/mol. The fraction of sp³-hybridized carbons (Fsp3) is 0. The zero-order chi connectivity index (χ0) is 10.1. The lowest BCUT2D eigenvalue weighted by Gasteiger charge is -1.98. The number of nitrogens with zero attached hydrogens (tertiary/aromatic N) is 1. The lowest BCUT2D eigenvalue weighted by atomic mass is 10.1. The lowest BCUT2D eigenvalue weighted by molar-refractivity contribution is 0.477. The molecule has 0 aliphatic carbocycles. The van der Waals surface area contributed by atoms with Gasteiger partial charge in [0.2, 0.25) is 5.22 Å². The molecule has 14 heavy (non-hydrogen) atoms. The first-order chi connectivity index (χ1) is 6.68. The minimum Gasteiger partial charge on any atom is -0.507 e. The van der Waals surface area contributed by atoms with Gasteiger partial charge in [-0.15, -0.1) is 0 Å². The van der Waals surface area contributed by atoms with Crippen molar-refractivity contribution in [2.75, 3.05) is 5.73 Å². The summed E-state index contributed by atoms with van der Waals surface area (Å²) in [5.41, 5.74) is 6.17. The van der Waals surface area contributed by atoms with Crippen LogP contribution in [0, 0.1) is 0 Å². The molecule has 0 bridgehead atoms. The van der Waals surface area contributed by atoms with Crippen molar-refractivity contribution < 1.29 is 9.52 Å². The van der Waals surface area contributed by atoms with Gasteiger partial charge in [-0.1, -0.05) is 12.1 Å². The molecule has 0 saturated heterocycles. The van der Waals surface area contributed by atoms with Gasteiger partial charge in [0.1, 0.15) is 11.4 Å². The van der Waals surface area contributed by atoms with Gasteiger partial charge in [-0.25, -0.2) is 0 Å². The average Bonchev–Trinajstić information content (AvgIpc) is 2.46. The van der Waals surface area contributed by atoms with Crippen molar-refractivity contribution in [3.63, 3.8) is 0 Å². The third-order valence-corrected chi connectivity index (χ3v) is 2.02. The van der Waals surface area contributed by atoms with Crippen LogP contribution >= 0.6 is 11.6 Å². The fourth-order valence-corrected chi connectivity index (χ4v) is 1.38. The van der Waals surface area contributed by atoms with E-state index in [4.69, 9.17) is 21.8 Å². The number of phenols is 1. The highest BCUT2D eigenvalue weighted by atomic mass is 35.5. The van der Waals surface area contributed by atoms with Gasteiger partial charge in [-0.3, -0.25) is 0 Å². The van der Waals surface area contributed by atoms with Crippen LogP contribution in [0.3, 0.4) is 0 Å². The van der Waals surface area contributed by atoms with Gasteiger partial charge in [0, 0.05) is 5.56 Å². The highest BCUT2D eigenvalue weighted by molar-refractivity contribution is 6.31. The van der Waals surface area contributed by atoms with E-state index in [-0.39, 0.29) is 17.0 Å². The third-order valence-electron chi connectivity index (χ3n) is 1.76. The number of rotatable bonds is 1. The van der Waals surface area contributed by atoms with Crippen molar-refractivity contribution in [1.29, 1.82) is 0 Å². The van der Waals surface area contributed by atoms with Gasteiger partial charge in [-0.2, -0.15) is 4.98 Å². The zero-order valence-corrected chi connectivity index (χ0v) is 7.82. The predicted molar refractivity (Wildman–Crippen MR) is 53.0 cm³/mol. The Kier molecular flexibility index (Phi) is 2.05. The molecule has 0 unspecified atom stereocenters. The van der Waals surface area contributed by atoms with E-state index in [1.54, 1.807) is 18.2 Å². The van der Waals surface area contributed by atoms with Crippen LogP contribution in [0.15, 0.2) is 28.7 Å². The molecule has 0 fully saturated rings. The van der Waals surface area contributed by atoms with Crippen molar-refractivity contribution >= 4 is 17.6 Å². The Morgan fingerprint density at radius 2 is 2.07 bits per heavy atom. The van der Waals surface area contributed by atoms with Crippen molar-refractivity contribution in [2.24, 2.45) is 0 Å². The zero-order valence-electron chi connectivity index (χ0n) is 7.07. The topological polar surface area (TPSA) is 72.3 Å². The van der Waals surface area contributed by atoms with E-state index < -0.39 is 0 Å². The summed E-state index contributed by atoms with van der Waals surface area (Å²) < 4.78 is 4.84. The molecule has 1 aromatic heterocycles. The Bertz CT molecular complexity index is 468. The van der Waals surface area contributed by atoms with Gasteiger partial charge >= 0.3 is 0 Å². The summed E-state index contributed by atoms with van der Waals surface area (Å²) in [6, 6.07) is 6.66. The first-order valence-electron chi connectivity index (χ1n) is 3.88. The molecule has 0 aliphatic rings. The van der Waals surface area contributed by atoms with Gasteiger partial charge in [0.05, 0.1) is 0 Å². The van der Waals surface area contributed by atoms with E-state index in [2.05, 4.69) is 4.98 Å². The van der Waals surface area contributed by atoms with Crippen LogP contribution in [0.2, 0.25) is 5.22 Å². The standard InChI is InChI=1S/C9H7ClN2O2/c10-8-7(12-9(11)14-8)5-3-1-2-4-6(5)13/h1-4,13H,(H2,11,12). The van der Waals surface area contributed by atoms with Crippen molar-refractivity contribution in [2.45, 2.75) is 0 Å². The number of halogens is 1. The summed E-state index contributed by atoms with van der Waals surface area (Å²) in [5.74, 6) is 0.0858. The number of anilines is 1. The quantitative estimate of drug-likeness (QED) is 0.758. The molecular weight excluding hydrogens is 204 g/mol. The number of aromatic hydroxyl groups is 1. The summed E-state index contributed by atoms with van der Waals surface area (Å²) in [6.45, 7) is 0. The molecule has 0 aliphatic heterocycles. The second-order valence-corrected chi connectivity index (χ2v) is 3.03. The van der Waals surface area contributed by atoms with Crippen LogP contribution in [-0.2, 0) is 0 Å². The highest BCUT2D eigenvalue weighted by Crippen LogP contribution is 2.34. The number of hydrogen-bond acceptors (Lipinski definition) is 4. The minimum atomic E-state index is -0.0201. The predicted octanol–water partition coefficient (Wildman–Crippen LogP) is 2.28. The van der Waals surface area contributed by atoms with Gasteiger partial charge < -0.3 is 15.3 Å². The summed E-state index contributed by atoms with van der Waals surface area (Å²) in [4.78, 5) is 3.86. The van der Waals surface area contributed by atoms with Gasteiger partial charge in [0.25, 0.3) is 6.01 Å². The first kappa shape index (κ1) is 8.90. The molecule has 0 radical (unpaired) electrons. The molecule has 0 spiro atoms. The number of benzene rings is 1. The van der Waals surface area contributed by atoms with Crippen molar-refractivity contribution in [3.05, 3.63) is 29.5 Å². The Hall–Kier alpha value is -1.68. The Morgan fingerprint density at radius 3 is 2.64 bits per heavy atom. The van der Waals surface area contributed by atoms with Crippen LogP contribution in [0.1, 0.15) is 0 Å². The van der Waals surface area contributed by atoms with Gasteiger partial charge in [-0.05, 0) is 23.7 Å². The molecule has 0 amide bonds. The van der Waals surface area contributed by atoms with E-state index >= 15 is 0 Å². The number of para-hydroxylation sites is 1. The van der Waals surface area contributed by atoms with E-state index in [0.717, 1.165) is 0 Å². The van der Waals surface area contributed by atoms with Crippen LogP contribution < -0.4 is 5.73 Å². The maximum atomic E-state index is 9.52. The second-order valence-electron chi connectivity index (χ2n) is 2.69. The molecule has 4 nitrogen and oxygen atoms in total. The van der Waals surface area contributed by atoms with Crippen LogP contribution in [0.25, 0.3) is 11.3 Å². The largest absolute Gasteiger partial charge is 0.507 e. The molecule has 1 aromatic carbocycles. The average molecular weight is 211 g/mol. The normalized spacial score (nSPS) is 10.4. The Labute approximate surface area is 84.9 Å². The van der Waals surface area contributed by atoms with E-state index in [0.29, 0.717) is 11.3 Å². The van der Waals surface area contributed by atoms with Crippen molar-refractivity contribution in [1.82, 2.24) is 4.98 Å². The van der Waals surface area contributed by atoms with Gasteiger partial charge in [0.15, 0.2) is 0 Å². The van der Waals surface area contributed by atoms with E-state index in [9.17, 15) is 5.11 Å². The maximum absolute atomic E-state index is 9.52. The first-order valence-corrected chi connectivity index (χ1v) is 4.26.